The number of primary amides is 1. The highest BCUT2D eigenvalue weighted by Crippen LogP contribution is 2.44. The fourth-order valence-corrected chi connectivity index (χ4v) is 8.65. The lowest BCUT2D eigenvalue weighted by atomic mass is 9.64. The highest BCUT2D eigenvalue weighted by atomic mass is 19.1. The van der Waals surface area contributed by atoms with Crippen LogP contribution >= 0.6 is 0 Å². The molecule has 2 aliphatic heterocycles. The number of fused-ring (bicyclic) bond motifs is 1. The number of carbonyl (C=O) groups is 1. The molecule has 0 saturated carbocycles. The van der Waals surface area contributed by atoms with E-state index < -0.39 is 11.5 Å². The van der Waals surface area contributed by atoms with Gasteiger partial charge in [0.2, 0.25) is 11.5 Å². The first-order chi connectivity index (χ1) is 25.7. The van der Waals surface area contributed by atoms with Crippen LogP contribution in [0.5, 0.6) is 5.75 Å². The predicted molar refractivity (Wildman–Crippen MR) is 205 cm³/mol. The van der Waals surface area contributed by atoms with E-state index in [0.29, 0.717) is 59.7 Å². The molecule has 2 saturated heterocycles. The van der Waals surface area contributed by atoms with E-state index in [1.54, 1.807) is 12.1 Å². The number of phenolic OH excluding ortho intramolecular Hbond substituents is 1. The maximum atomic E-state index is 16.1. The number of rotatable bonds is 13. The number of hydrogen-bond acceptors (Lipinski definition) is 7. The molecule has 2 aliphatic rings. The molecule has 2 fully saturated rings. The Hall–Kier alpha value is -4.87. The summed E-state index contributed by atoms with van der Waals surface area (Å²) in [4.78, 5) is 32.4. The number of likely N-dealkylation sites (tertiary alicyclic amines) is 2. The number of nitrogens with two attached hydrogens (primary N) is 1. The van der Waals surface area contributed by atoms with Gasteiger partial charge < -0.3 is 26.2 Å². The van der Waals surface area contributed by atoms with Crippen LogP contribution in [0.15, 0.2) is 108 Å². The smallest absolute Gasteiger partial charge is 0.248 e. The van der Waals surface area contributed by atoms with Gasteiger partial charge in [0.1, 0.15) is 17.0 Å². The molecule has 1 amide bonds. The van der Waals surface area contributed by atoms with Crippen LogP contribution < -0.4 is 16.6 Å². The lowest BCUT2D eigenvalue weighted by Crippen LogP contribution is -2.49. The number of phenols is 1. The number of hydrogen-bond donors (Lipinski definition) is 5. The van der Waals surface area contributed by atoms with Gasteiger partial charge in [-0.3, -0.25) is 19.4 Å². The van der Waals surface area contributed by atoms with E-state index >= 15 is 4.39 Å². The summed E-state index contributed by atoms with van der Waals surface area (Å²) in [6.07, 6.45) is 1.90. The van der Waals surface area contributed by atoms with Gasteiger partial charge in [-0.2, -0.15) is 0 Å². The number of pyridine rings is 1. The van der Waals surface area contributed by atoms with Gasteiger partial charge in [-0.1, -0.05) is 84.9 Å². The Balaban J connectivity index is 0.932. The fraction of sp³-hybridized carbons (Fsp3) is 0.349. The van der Waals surface area contributed by atoms with Gasteiger partial charge in [0, 0.05) is 48.8 Å². The first-order valence-electron chi connectivity index (χ1n) is 18.6. The second-order valence-electron chi connectivity index (χ2n) is 14.7. The van der Waals surface area contributed by atoms with E-state index in [1.165, 1.54) is 12.1 Å². The largest absolute Gasteiger partial charge is 0.506 e. The summed E-state index contributed by atoms with van der Waals surface area (Å²) in [5.74, 6) is -0.183. The zero-order valence-electron chi connectivity index (χ0n) is 29.9. The number of halogens is 1. The number of aliphatic hydroxyl groups excluding tert-OH is 1. The standard InChI is InChI=1S/C43H48FN5O4/c44-40-30(26-48-21-18-29(19-22-48)24-46-25-38(51)35-14-16-37(50)41-36(35)15-17-39(52)47-41)8-7-9-31(40)27-49-23-20-34(28-49)43(42(45)53,32-10-3-1-4-11-32)33-12-5-2-6-13-33/h1-17,29,34,38,46,50-51H,18-28H2,(H2,45,53)(H,47,52). The number of aromatic hydroxyl groups is 1. The third-order valence-corrected chi connectivity index (χ3v) is 11.4. The van der Waals surface area contributed by atoms with E-state index in [9.17, 15) is 19.8 Å². The van der Waals surface area contributed by atoms with Crippen LogP contribution in [-0.4, -0.2) is 70.2 Å². The molecule has 4 aromatic carbocycles. The van der Waals surface area contributed by atoms with Crippen molar-refractivity contribution in [3.8, 4) is 5.75 Å². The molecular weight excluding hydrogens is 670 g/mol. The Bertz CT molecular complexity index is 2040. The average molecular weight is 718 g/mol. The maximum absolute atomic E-state index is 16.1. The number of carbonyl (C=O) groups excluding carboxylic acids is 1. The number of H-pyrrole nitrogens is 1. The third kappa shape index (κ3) is 7.63. The van der Waals surface area contributed by atoms with Gasteiger partial charge in [0.15, 0.2) is 0 Å². The molecular formula is C43H48FN5O4. The summed E-state index contributed by atoms with van der Waals surface area (Å²) in [6.45, 7) is 5.19. The number of aromatic nitrogens is 1. The zero-order valence-corrected chi connectivity index (χ0v) is 29.9. The number of benzene rings is 4. The number of nitrogens with zero attached hydrogens (tertiary/aromatic N) is 2. The van der Waals surface area contributed by atoms with E-state index in [0.717, 1.165) is 56.6 Å². The molecule has 2 atom stereocenters. The van der Waals surface area contributed by atoms with Gasteiger partial charge in [-0.15, -0.1) is 0 Å². The molecule has 1 aromatic heterocycles. The lowest BCUT2D eigenvalue weighted by molar-refractivity contribution is -0.123. The quantitative estimate of drug-likeness (QED) is 0.113. The molecule has 53 heavy (non-hydrogen) atoms. The molecule has 0 bridgehead atoms. The summed E-state index contributed by atoms with van der Waals surface area (Å²) < 4.78 is 16.1. The van der Waals surface area contributed by atoms with Crippen LogP contribution in [0, 0.1) is 17.7 Å². The van der Waals surface area contributed by atoms with Crippen molar-refractivity contribution in [1.29, 1.82) is 0 Å². The average Bonchev–Trinajstić information content (AvgIpc) is 3.63. The van der Waals surface area contributed by atoms with Crippen molar-refractivity contribution in [3.63, 3.8) is 0 Å². The predicted octanol–water partition coefficient (Wildman–Crippen LogP) is 5.20. The maximum Gasteiger partial charge on any atom is 0.248 e. The third-order valence-electron chi connectivity index (χ3n) is 11.4. The minimum absolute atomic E-state index is 0.0315. The Labute approximate surface area is 309 Å². The highest BCUT2D eigenvalue weighted by molar-refractivity contribution is 5.91. The lowest BCUT2D eigenvalue weighted by Gasteiger charge is -2.37. The van der Waals surface area contributed by atoms with E-state index in [2.05, 4.69) is 20.1 Å². The molecule has 2 unspecified atom stereocenters. The van der Waals surface area contributed by atoms with Crippen molar-refractivity contribution in [3.05, 3.63) is 147 Å². The van der Waals surface area contributed by atoms with Gasteiger partial charge in [-0.25, -0.2) is 4.39 Å². The van der Waals surface area contributed by atoms with Crippen molar-refractivity contribution in [1.82, 2.24) is 20.1 Å². The van der Waals surface area contributed by atoms with Gasteiger partial charge in [0.25, 0.3) is 0 Å². The zero-order chi connectivity index (χ0) is 37.0. The minimum atomic E-state index is -0.983. The van der Waals surface area contributed by atoms with Crippen molar-refractivity contribution in [2.45, 2.75) is 43.9 Å². The Morgan fingerprint density at radius 1 is 0.849 bits per heavy atom. The number of aliphatic hydroxyl groups is 1. The summed E-state index contributed by atoms with van der Waals surface area (Å²) in [5, 5.41) is 25.1. The molecule has 276 valence electrons. The highest BCUT2D eigenvalue weighted by Gasteiger charge is 2.49. The Morgan fingerprint density at radius 2 is 1.47 bits per heavy atom. The summed E-state index contributed by atoms with van der Waals surface area (Å²) in [7, 11) is 0. The van der Waals surface area contributed by atoms with Crippen LogP contribution in [0.25, 0.3) is 10.9 Å². The summed E-state index contributed by atoms with van der Waals surface area (Å²) >= 11 is 0. The monoisotopic (exact) mass is 717 g/mol. The van der Waals surface area contributed by atoms with Crippen LogP contribution in [0.3, 0.4) is 0 Å². The second kappa shape index (κ2) is 16.0. The second-order valence-corrected chi connectivity index (χ2v) is 14.7. The topological polar surface area (TPSA) is 135 Å². The fourth-order valence-electron chi connectivity index (χ4n) is 8.65. The number of amides is 1. The number of aromatic amines is 1. The first-order valence-corrected chi connectivity index (χ1v) is 18.6. The van der Waals surface area contributed by atoms with Gasteiger partial charge in [-0.05, 0) is 86.1 Å². The molecule has 3 heterocycles. The van der Waals surface area contributed by atoms with Crippen LogP contribution in [0.2, 0.25) is 0 Å². The number of nitrogens with one attached hydrogen (secondary N) is 2. The van der Waals surface area contributed by atoms with E-state index in [-0.39, 0.29) is 29.0 Å². The van der Waals surface area contributed by atoms with E-state index in [4.69, 9.17) is 5.73 Å². The van der Waals surface area contributed by atoms with Crippen molar-refractivity contribution >= 4 is 16.8 Å². The van der Waals surface area contributed by atoms with Crippen molar-refractivity contribution < 1.29 is 19.4 Å². The van der Waals surface area contributed by atoms with Crippen LogP contribution in [0.4, 0.5) is 4.39 Å². The molecule has 6 N–H and O–H groups in total. The molecule has 9 nitrogen and oxygen atoms in total. The molecule has 0 aliphatic carbocycles. The van der Waals surface area contributed by atoms with Crippen molar-refractivity contribution in [2.75, 3.05) is 39.3 Å². The minimum Gasteiger partial charge on any atom is -0.506 e. The molecule has 0 radical (unpaired) electrons. The Kier molecular flexibility index (Phi) is 11.0. The molecule has 0 spiro atoms. The normalized spacial score (nSPS) is 18.0. The Morgan fingerprint density at radius 3 is 2.11 bits per heavy atom. The summed E-state index contributed by atoms with van der Waals surface area (Å²) in [6, 6.07) is 31.5. The van der Waals surface area contributed by atoms with Crippen LogP contribution in [0.1, 0.15) is 53.2 Å². The molecule has 7 rings (SSSR count). The molecule has 10 heteroatoms. The van der Waals surface area contributed by atoms with Crippen molar-refractivity contribution in [2.24, 2.45) is 17.6 Å². The SMILES string of the molecule is NC(=O)C(c1ccccc1)(c1ccccc1)C1CCN(Cc2cccc(CN3CCC(CNCC(O)c4ccc(O)c5[nH]c(=O)ccc45)CC3)c2F)C1. The first kappa shape index (κ1) is 36.5. The van der Waals surface area contributed by atoms with Crippen LogP contribution in [-0.2, 0) is 23.3 Å². The van der Waals surface area contributed by atoms with Gasteiger partial charge in [0.05, 0.1) is 11.6 Å². The molecule has 5 aromatic rings. The van der Waals surface area contributed by atoms with E-state index in [1.807, 2.05) is 78.9 Å². The summed E-state index contributed by atoms with van der Waals surface area (Å²) in [5.41, 5.74) is 9.09. The van der Waals surface area contributed by atoms with Gasteiger partial charge >= 0.3 is 0 Å². The number of piperidine rings is 1.